The van der Waals surface area contributed by atoms with Crippen molar-refractivity contribution in [2.45, 2.75) is 57.6 Å². The molecule has 33 heavy (non-hydrogen) atoms. The number of phenolic OH excluding ortho intramolecular Hbond substituents is 1. The first-order valence-electron chi connectivity index (χ1n) is 10.4. The highest BCUT2D eigenvalue weighted by Crippen LogP contribution is 2.41. The Balaban J connectivity index is 2.01. The smallest absolute Gasteiger partial charge is 0.342 e. The summed E-state index contributed by atoms with van der Waals surface area (Å²) in [5.74, 6) is -0.608. The number of aromatic hydroxyl groups is 1. The Morgan fingerprint density at radius 3 is 2.03 bits per heavy atom. The Morgan fingerprint density at radius 1 is 1.00 bits per heavy atom. The fourth-order valence-electron chi connectivity index (χ4n) is 3.22. The standard InChI is InChI=1S/C25H27ClN2O4S/c1-24(2,3)17-11-14(12-18(20(17)29)25(4,5)6)13-19(22(30)31)33-23-28-27-21(32-23)15-7-9-16(26)10-8-15/h7-13,29H,1-6H3,(H,30,31)/b19-13-. The molecule has 2 N–H and O–H groups in total. The number of hydrogen-bond donors (Lipinski definition) is 2. The number of hydrogen-bond acceptors (Lipinski definition) is 6. The maximum absolute atomic E-state index is 12.0. The zero-order valence-corrected chi connectivity index (χ0v) is 21.0. The van der Waals surface area contributed by atoms with Gasteiger partial charge in [0.25, 0.3) is 5.22 Å². The molecule has 0 spiro atoms. The van der Waals surface area contributed by atoms with Crippen molar-refractivity contribution >= 4 is 35.4 Å². The maximum atomic E-state index is 12.0. The minimum Gasteiger partial charge on any atom is -0.507 e. The summed E-state index contributed by atoms with van der Waals surface area (Å²) >= 11 is 6.79. The zero-order valence-electron chi connectivity index (χ0n) is 19.4. The Morgan fingerprint density at radius 2 is 1.55 bits per heavy atom. The number of carboxylic acids is 1. The largest absolute Gasteiger partial charge is 0.507 e. The molecule has 2 aromatic carbocycles. The van der Waals surface area contributed by atoms with Crippen LogP contribution in [-0.2, 0) is 15.6 Å². The van der Waals surface area contributed by atoms with E-state index >= 15 is 0 Å². The molecule has 0 unspecified atom stereocenters. The highest BCUT2D eigenvalue weighted by molar-refractivity contribution is 8.03. The van der Waals surface area contributed by atoms with Crippen molar-refractivity contribution in [2.75, 3.05) is 0 Å². The van der Waals surface area contributed by atoms with Crippen molar-refractivity contribution in [1.29, 1.82) is 0 Å². The molecule has 0 bridgehead atoms. The Labute approximate surface area is 202 Å². The summed E-state index contributed by atoms with van der Waals surface area (Å²) in [6.07, 6.45) is 1.56. The van der Waals surface area contributed by atoms with Gasteiger partial charge in [-0.3, -0.25) is 0 Å². The lowest BCUT2D eigenvalue weighted by Crippen LogP contribution is -2.17. The second kappa shape index (κ2) is 9.23. The number of halogens is 1. The predicted molar refractivity (Wildman–Crippen MR) is 132 cm³/mol. The van der Waals surface area contributed by atoms with E-state index in [0.717, 1.165) is 22.9 Å². The Bertz CT molecular complexity index is 1170. The van der Waals surface area contributed by atoms with Gasteiger partial charge < -0.3 is 14.6 Å². The number of carbonyl (C=O) groups is 1. The topological polar surface area (TPSA) is 96.5 Å². The molecule has 0 fully saturated rings. The van der Waals surface area contributed by atoms with Crippen LogP contribution in [0.3, 0.4) is 0 Å². The quantitative estimate of drug-likeness (QED) is 0.298. The van der Waals surface area contributed by atoms with Gasteiger partial charge in [-0.15, -0.1) is 10.2 Å². The van der Waals surface area contributed by atoms with Gasteiger partial charge in [0.1, 0.15) is 10.7 Å². The maximum Gasteiger partial charge on any atom is 0.342 e. The van der Waals surface area contributed by atoms with Crippen molar-refractivity contribution in [3.05, 3.63) is 63.0 Å². The van der Waals surface area contributed by atoms with E-state index < -0.39 is 5.97 Å². The molecule has 3 aromatic rings. The van der Waals surface area contributed by atoms with E-state index in [4.69, 9.17) is 16.0 Å². The van der Waals surface area contributed by atoms with E-state index in [1.807, 2.05) is 53.7 Å². The lowest BCUT2D eigenvalue weighted by molar-refractivity contribution is -0.131. The molecule has 0 aliphatic rings. The average Bonchev–Trinajstić information content (AvgIpc) is 3.16. The summed E-state index contributed by atoms with van der Waals surface area (Å²) < 4.78 is 5.66. The fraction of sp³-hybridized carbons (Fsp3) is 0.320. The summed E-state index contributed by atoms with van der Waals surface area (Å²) in [7, 11) is 0. The highest BCUT2D eigenvalue weighted by atomic mass is 35.5. The van der Waals surface area contributed by atoms with Crippen LogP contribution in [0.4, 0.5) is 0 Å². The summed E-state index contributed by atoms with van der Waals surface area (Å²) in [5, 5.41) is 29.4. The zero-order chi connectivity index (χ0) is 24.6. The third-order valence-electron chi connectivity index (χ3n) is 4.95. The molecule has 0 saturated carbocycles. The number of aromatic nitrogens is 2. The molecule has 0 atom stereocenters. The van der Waals surface area contributed by atoms with Crippen LogP contribution in [-0.4, -0.2) is 26.4 Å². The van der Waals surface area contributed by atoms with E-state index in [1.54, 1.807) is 30.3 Å². The van der Waals surface area contributed by atoms with Gasteiger partial charge in [0.2, 0.25) is 5.89 Å². The van der Waals surface area contributed by atoms with Gasteiger partial charge in [-0.05, 0) is 70.6 Å². The second-order valence-electron chi connectivity index (χ2n) is 9.76. The molecular weight excluding hydrogens is 460 g/mol. The number of carboxylic acid groups (broad SMARTS) is 1. The van der Waals surface area contributed by atoms with Gasteiger partial charge >= 0.3 is 5.97 Å². The first kappa shape index (κ1) is 24.9. The van der Waals surface area contributed by atoms with Gasteiger partial charge in [0, 0.05) is 21.7 Å². The fourth-order valence-corrected chi connectivity index (χ4v) is 4.02. The lowest BCUT2D eigenvalue weighted by Gasteiger charge is -2.28. The van der Waals surface area contributed by atoms with E-state index in [0.29, 0.717) is 16.1 Å². The van der Waals surface area contributed by atoms with Crippen molar-refractivity contribution in [3.63, 3.8) is 0 Å². The molecule has 6 nitrogen and oxygen atoms in total. The van der Waals surface area contributed by atoms with Crippen LogP contribution in [0.5, 0.6) is 5.75 Å². The van der Waals surface area contributed by atoms with E-state index in [2.05, 4.69) is 10.2 Å². The van der Waals surface area contributed by atoms with Crippen molar-refractivity contribution < 1.29 is 19.4 Å². The number of benzene rings is 2. The number of rotatable bonds is 5. The van der Waals surface area contributed by atoms with E-state index in [-0.39, 0.29) is 32.6 Å². The summed E-state index contributed by atoms with van der Waals surface area (Å²) in [6, 6.07) is 10.6. The van der Waals surface area contributed by atoms with Crippen molar-refractivity contribution in [1.82, 2.24) is 10.2 Å². The second-order valence-corrected chi connectivity index (χ2v) is 11.2. The predicted octanol–water partition coefficient (Wildman–Crippen LogP) is 6.91. The Kier molecular flexibility index (Phi) is 6.96. The van der Waals surface area contributed by atoms with Gasteiger partial charge in [0.15, 0.2) is 0 Å². The van der Waals surface area contributed by atoms with Gasteiger partial charge in [-0.1, -0.05) is 53.1 Å². The first-order valence-corrected chi connectivity index (χ1v) is 11.6. The molecule has 0 saturated heterocycles. The molecule has 3 rings (SSSR count). The number of phenols is 1. The van der Waals surface area contributed by atoms with E-state index in [1.165, 1.54) is 0 Å². The molecule has 0 radical (unpaired) electrons. The average molecular weight is 487 g/mol. The highest BCUT2D eigenvalue weighted by Gasteiger charge is 2.27. The molecule has 0 amide bonds. The lowest BCUT2D eigenvalue weighted by atomic mass is 9.78. The van der Waals surface area contributed by atoms with Gasteiger partial charge in [-0.25, -0.2) is 4.79 Å². The van der Waals surface area contributed by atoms with Crippen molar-refractivity contribution in [2.24, 2.45) is 0 Å². The van der Waals surface area contributed by atoms with Crippen LogP contribution in [0.15, 0.2) is 50.9 Å². The summed E-state index contributed by atoms with van der Waals surface area (Å²) in [4.78, 5) is 12.0. The number of thioether (sulfide) groups is 1. The van der Waals surface area contributed by atoms with Crippen LogP contribution < -0.4 is 0 Å². The normalized spacial score (nSPS) is 12.8. The molecule has 1 aromatic heterocycles. The minimum atomic E-state index is -1.12. The molecule has 8 heteroatoms. The third kappa shape index (κ3) is 5.97. The van der Waals surface area contributed by atoms with Gasteiger partial charge in [0.05, 0.1) is 0 Å². The SMILES string of the molecule is CC(C)(C)c1cc(/C=C(\Sc2nnc(-c3ccc(Cl)cc3)o2)C(=O)O)cc(C(C)(C)C)c1O. The number of aliphatic carboxylic acids is 1. The molecule has 1 heterocycles. The van der Waals surface area contributed by atoms with Gasteiger partial charge in [-0.2, -0.15) is 0 Å². The molecule has 0 aliphatic heterocycles. The molecule has 174 valence electrons. The molecular formula is C25H27ClN2O4S. The monoisotopic (exact) mass is 486 g/mol. The minimum absolute atomic E-state index is 0.0201. The van der Waals surface area contributed by atoms with Crippen LogP contribution >= 0.6 is 23.4 Å². The van der Waals surface area contributed by atoms with Crippen LogP contribution in [0.1, 0.15) is 58.2 Å². The number of nitrogens with zero attached hydrogens (tertiary/aromatic N) is 2. The van der Waals surface area contributed by atoms with Crippen LogP contribution in [0.25, 0.3) is 17.5 Å². The molecule has 0 aliphatic carbocycles. The summed E-state index contributed by atoms with van der Waals surface area (Å²) in [5.41, 5.74) is 2.19. The van der Waals surface area contributed by atoms with Crippen LogP contribution in [0.2, 0.25) is 5.02 Å². The van der Waals surface area contributed by atoms with E-state index in [9.17, 15) is 15.0 Å². The summed E-state index contributed by atoms with van der Waals surface area (Å²) in [6.45, 7) is 12.0. The van der Waals surface area contributed by atoms with Crippen LogP contribution in [0, 0.1) is 0 Å². The first-order chi connectivity index (χ1) is 15.3. The Hall–Kier alpha value is -2.77. The van der Waals surface area contributed by atoms with Crippen molar-refractivity contribution in [3.8, 4) is 17.2 Å². The third-order valence-corrected chi connectivity index (χ3v) is 6.06.